The van der Waals surface area contributed by atoms with Crippen molar-refractivity contribution in [2.45, 2.75) is 13.8 Å². The summed E-state index contributed by atoms with van der Waals surface area (Å²) in [6.45, 7) is 4.00. The Morgan fingerprint density at radius 3 is 2.15 bits per heavy atom. The van der Waals surface area contributed by atoms with E-state index in [1.165, 1.54) is 13.2 Å². The van der Waals surface area contributed by atoms with Crippen LogP contribution in [0.3, 0.4) is 0 Å². The van der Waals surface area contributed by atoms with Crippen LogP contribution in [0.15, 0.2) is 48.5 Å². The van der Waals surface area contributed by atoms with Crippen LogP contribution < -0.4 is 0 Å². The van der Waals surface area contributed by atoms with Gasteiger partial charge in [-0.15, -0.1) is 0 Å². The smallest absolute Gasteiger partial charge is 0.337 e. The second-order valence-corrected chi connectivity index (χ2v) is 5.80. The van der Waals surface area contributed by atoms with E-state index in [4.69, 9.17) is 23.2 Å². The fraction of sp³-hybridized carbons (Fsp3) is 0.150. The number of fused-ring (bicyclic) bond motifs is 1. The van der Waals surface area contributed by atoms with E-state index in [9.17, 15) is 9.59 Å². The number of pyridine rings is 1. The number of hydrogen-bond donors (Lipinski definition) is 0. The van der Waals surface area contributed by atoms with Crippen molar-refractivity contribution in [1.29, 1.82) is 0 Å². The van der Waals surface area contributed by atoms with Gasteiger partial charge in [0.25, 0.3) is 5.24 Å². The highest BCUT2D eigenvalue weighted by molar-refractivity contribution is 6.68. The Hall–Kier alpha value is -2.43. The molecule has 0 saturated carbocycles. The highest BCUT2D eigenvalue weighted by Gasteiger charge is 2.12. The lowest BCUT2D eigenvalue weighted by molar-refractivity contribution is 0.0600. The van der Waals surface area contributed by atoms with Gasteiger partial charge >= 0.3 is 5.97 Å². The van der Waals surface area contributed by atoms with Crippen LogP contribution >= 0.6 is 23.2 Å². The predicted octanol–water partition coefficient (Wildman–Crippen LogP) is 5.75. The maximum atomic E-state index is 11.6. The van der Waals surface area contributed by atoms with E-state index in [-0.39, 0.29) is 5.15 Å². The quantitative estimate of drug-likeness (QED) is 0.325. The minimum Gasteiger partial charge on any atom is -0.465 e. The number of methoxy groups -OCH3 is 1. The second-order valence-electron chi connectivity index (χ2n) is 5.07. The largest absolute Gasteiger partial charge is 0.465 e. The molecular formula is C20H17Cl2NO3. The number of carbonyl (C=O) groups excluding carboxylic acids is 2. The van der Waals surface area contributed by atoms with Gasteiger partial charge in [0.15, 0.2) is 0 Å². The first kappa shape index (κ1) is 19.9. The van der Waals surface area contributed by atoms with Crippen molar-refractivity contribution in [3.8, 4) is 11.1 Å². The molecule has 0 fully saturated rings. The van der Waals surface area contributed by atoms with E-state index in [1.807, 2.05) is 26.0 Å². The standard InChI is InChI=1S/C18H11Cl2NO3.C2H6/c1-24-18(23)11-4-2-10(3-5-11)12-6-7-15-13(8-12)14(17(20)22)9-16(19)21-15;1-2/h2-9H,1H3;1-2H3. The van der Waals surface area contributed by atoms with E-state index in [1.54, 1.807) is 30.3 Å². The first-order chi connectivity index (χ1) is 12.5. The van der Waals surface area contributed by atoms with Gasteiger partial charge in [0.05, 0.1) is 18.2 Å². The summed E-state index contributed by atoms with van der Waals surface area (Å²) in [6.07, 6.45) is 0. The van der Waals surface area contributed by atoms with E-state index < -0.39 is 11.2 Å². The van der Waals surface area contributed by atoms with Crippen LogP contribution in [0, 0.1) is 0 Å². The van der Waals surface area contributed by atoms with Gasteiger partial charge in [0.1, 0.15) is 5.15 Å². The molecule has 0 atom stereocenters. The number of nitrogens with zero attached hydrogens (tertiary/aromatic N) is 1. The molecule has 3 aromatic rings. The van der Waals surface area contributed by atoms with Crippen molar-refractivity contribution in [3.05, 3.63) is 64.8 Å². The van der Waals surface area contributed by atoms with Crippen molar-refractivity contribution >= 4 is 45.3 Å². The van der Waals surface area contributed by atoms with Crippen molar-refractivity contribution in [2.75, 3.05) is 7.11 Å². The van der Waals surface area contributed by atoms with Crippen LogP contribution in [0.1, 0.15) is 34.6 Å². The van der Waals surface area contributed by atoms with Gasteiger partial charge in [-0.05, 0) is 53.1 Å². The molecule has 0 radical (unpaired) electrons. The predicted molar refractivity (Wildman–Crippen MR) is 105 cm³/mol. The summed E-state index contributed by atoms with van der Waals surface area (Å²) in [7, 11) is 1.34. The molecule has 0 unspecified atom stereocenters. The van der Waals surface area contributed by atoms with Crippen LogP contribution in [-0.4, -0.2) is 23.3 Å². The van der Waals surface area contributed by atoms with Gasteiger partial charge in [0.2, 0.25) is 0 Å². The molecule has 4 nitrogen and oxygen atoms in total. The van der Waals surface area contributed by atoms with Crippen molar-refractivity contribution in [1.82, 2.24) is 4.98 Å². The van der Waals surface area contributed by atoms with E-state index in [0.29, 0.717) is 22.0 Å². The summed E-state index contributed by atoms with van der Waals surface area (Å²) in [6, 6.07) is 13.9. The Balaban J connectivity index is 0.00000117. The van der Waals surface area contributed by atoms with E-state index in [2.05, 4.69) is 9.72 Å². The van der Waals surface area contributed by atoms with Crippen LogP contribution in [0.2, 0.25) is 5.15 Å². The maximum Gasteiger partial charge on any atom is 0.337 e. The summed E-state index contributed by atoms with van der Waals surface area (Å²) in [4.78, 5) is 27.3. The van der Waals surface area contributed by atoms with Crippen molar-refractivity contribution in [3.63, 3.8) is 0 Å². The lowest BCUT2D eigenvalue weighted by Gasteiger charge is -2.08. The molecule has 0 saturated heterocycles. The molecule has 0 bridgehead atoms. The fourth-order valence-electron chi connectivity index (χ4n) is 2.45. The summed E-state index contributed by atoms with van der Waals surface area (Å²) in [5.74, 6) is -0.395. The van der Waals surface area contributed by atoms with Crippen molar-refractivity contribution in [2.24, 2.45) is 0 Å². The maximum absolute atomic E-state index is 11.6. The Bertz CT molecular complexity index is 953. The third-order valence-corrected chi connectivity index (χ3v) is 4.03. The molecule has 1 aromatic heterocycles. The van der Waals surface area contributed by atoms with Crippen LogP contribution in [0.4, 0.5) is 0 Å². The normalized spacial score (nSPS) is 10.0. The van der Waals surface area contributed by atoms with Gasteiger partial charge in [-0.25, -0.2) is 9.78 Å². The molecule has 3 rings (SSSR count). The zero-order valence-corrected chi connectivity index (χ0v) is 16.1. The number of hydrogen-bond acceptors (Lipinski definition) is 4. The number of rotatable bonds is 3. The molecule has 0 aliphatic rings. The average molecular weight is 390 g/mol. The molecule has 26 heavy (non-hydrogen) atoms. The number of ether oxygens (including phenoxy) is 1. The summed E-state index contributed by atoms with van der Waals surface area (Å²) >= 11 is 11.6. The number of benzene rings is 2. The Morgan fingerprint density at radius 2 is 1.58 bits per heavy atom. The monoisotopic (exact) mass is 389 g/mol. The molecule has 0 N–H and O–H groups in total. The lowest BCUT2D eigenvalue weighted by Crippen LogP contribution is -2.00. The van der Waals surface area contributed by atoms with Crippen LogP contribution in [0.25, 0.3) is 22.0 Å². The summed E-state index contributed by atoms with van der Waals surface area (Å²) in [5.41, 5.74) is 3.10. The van der Waals surface area contributed by atoms with Gasteiger partial charge in [-0.3, -0.25) is 4.79 Å². The molecule has 0 aliphatic heterocycles. The van der Waals surface area contributed by atoms with E-state index in [0.717, 1.165) is 11.1 Å². The third-order valence-electron chi connectivity index (χ3n) is 3.63. The number of esters is 1. The molecule has 134 valence electrons. The Morgan fingerprint density at radius 1 is 0.962 bits per heavy atom. The highest BCUT2D eigenvalue weighted by Crippen LogP contribution is 2.28. The first-order valence-corrected chi connectivity index (χ1v) is 8.74. The van der Waals surface area contributed by atoms with Crippen molar-refractivity contribution < 1.29 is 14.3 Å². The number of aromatic nitrogens is 1. The van der Waals surface area contributed by atoms with Crippen LogP contribution in [0.5, 0.6) is 0 Å². The molecule has 0 amide bonds. The third kappa shape index (κ3) is 4.21. The van der Waals surface area contributed by atoms with Gasteiger partial charge in [-0.1, -0.05) is 43.6 Å². The fourth-order valence-corrected chi connectivity index (χ4v) is 2.81. The Labute approximate surface area is 161 Å². The molecular weight excluding hydrogens is 373 g/mol. The molecule has 1 heterocycles. The lowest BCUT2D eigenvalue weighted by atomic mass is 10.00. The zero-order valence-electron chi connectivity index (χ0n) is 14.5. The summed E-state index contributed by atoms with van der Waals surface area (Å²) in [5, 5.41) is 0.234. The summed E-state index contributed by atoms with van der Waals surface area (Å²) < 4.78 is 4.68. The number of halogens is 2. The second kappa shape index (κ2) is 8.79. The highest BCUT2D eigenvalue weighted by atomic mass is 35.5. The van der Waals surface area contributed by atoms with Gasteiger partial charge in [-0.2, -0.15) is 0 Å². The Kier molecular flexibility index (Phi) is 6.72. The topological polar surface area (TPSA) is 56.3 Å². The SMILES string of the molecule is CC.COC(=O)c1ccc(-c2ccc3nc(Cl)cc(C(=O)Cl)c3c2)cc1. The average Bonchev–Trinajstić information content (AvgIpc) is 2.68. The van der Waals surface area contributed by atoms with Gasteiger partial charge in [0, 0.05) is 10.9 Å². The minimum atomic E-state index is -0.595. The molecule has 2 aromatic carbocycles. The molecule has 0 aliphatic carbocycles. The zero-order chi connectivity index (χ0) is 19.3. The van der Waals surface area contributed by atoms with E-state index >= 15 is 0 Å². The number of carbonyl (C=O) groups is 2. The van der Waals surface area contributed by atoms with Crippen LogP contribution in [-0.2, 0) is 4.74 Å². The molecule has 6 heteroatoms. The van der Waals surface area contributed by atoms with Gasteiger partial charge < -0.3 is 4.74 Å². The first-order valence-electron chi connectivity index (χ1n) is 7.98. The minimum absolute atomic E-state index is 0.210. The molecule has 0 spiro atoms.